The first-order chi connectivity index (χ1) is 4.20. The molecule has 0 saturated carbocycles. The van der Waals surface area contributed by atoms with E-state index in [4.69, 9.17) is 51.1 Å². The second-order valence-corrected chi connectivity index (χ2v) is 2.86. The Bertz CT molecular complexity index is 61.6. The molecule has 2 unspecified atom stereocenters. The zero-order chi connectivity index (χ0) is 7.28. The molecule has 1 nitrogen and oxygen atoms in total. The number of rotatable bonds is 4. The molecule has 0 aromatic carbocycles. The smallest absolute Gasteiger partial charge is 0.146 e. The standard InChI is InChI=1S/C4H6Cl4O/c5-1-3(7)9-4(8)2-6/h3-4H,1-2H2. The van der Waals surface area contributed by atoms with E-state index >= 15 is 0 Å². The van der Waals surface area contributed by atoms with Gasteiger partial charge in [0.2, 0.25) is 0 Å². The number of halogens is 4. The molecule has 0 rings (SSSR count). The average Bonchev–Trinajstić information content (AvgIpc) is 1.87. The van der Waals surface area contributed by atoms with E-state index in [9.17, 15) is 0 Å². The normalized spacial score (nSPS) is 17.3. The van der Waals surface area contributed by atoms with E-state index in [0.29, 0.717) is 0 Å². The summed E-state index contributed by atoms with van der Waals surface area (Å²) in [5, 5.41) is 0. The van der Waals surface area contributed by atoms with Crippen molar-refractivity contribution in [3.8, 4) is 0 Å². The molecule has 2 atom stereocenters. The monoisotopic (exact) mass is 210 g/mol. The molecule has 0 fully saturated rings. The van der Waals surface area contributed by atoms with E-state index in [0.717, 1.165) is 0 Å². The SMILES string of the molecule is ClCC(Cl)OC(Cl)CCl. The van der Waals surface area contributed by atoms with Gasteiger partial charge in [0, 0.05) is 0 Å². The van der Waals surface area contributed by atoms with Crippen LogP contribution in [0.2, 0.25) is 0 Å². The molecule has 0 spiro atoms. The summed E-state index contributed by atoms with van der Waals surface area (Å²) in [5.74, 6) is 0.420. The van der Waals surface area contributed by atoms with Gasteiger partial charge in [-0.15, -0.1) is 23.2 Å². The Balaban J connectivity index is 3.22. The highest BCUT2D eigenvalue weighted by Crippen LogP contribution is 2.09. The summed E-state index contributed by atoms with van der Waals surface area (Å²) < 4.78 is 4.82. The van der Waals surface area contributed by atoms with Crippen LogP contribution in [-0.2, 0) is 4.74 Å². The highest BCUT2D eigenvalue weighted by atomic mass is 35.5. The van der Waals surface area contributed by atoms with Crippen molar-refractivity contribution in [3.63, 3.8) is 0 Å². The summed E-state index contributed by atoms with van der Waals surface area (Å²) >= 11 is 21.5. The fourth-order valence-electron chi connectivity index (χ4n) is 0.233. The number of ether oxygens (including phenoxy) is 1. The van der Waals surface area contributed by atoms with Crippen LogP contribution in [0.5, 0.6) is 0 Å². The van der Waals surface area contributed by atoms with Gasteiger partial charge in [0.25, 0.3) is 0 Å². The molecule has 0 aliphatic carbocycles. The molecule has 5 heteroatoms. The molecule has 0 aliphatic rings. The summed E-state index contributed by atoms with van der Waals surface area (Å²) in [6.45, 7) is 0. The summed E-state index contributed by atoms with van der Waals surface area (Å²) in [7, 11) is 0. The maximum Gasteiger partial charge on any atom is 0.146 e. The van der Waals surface area contributed by atoms with Gasteiger partial charge in [0.15, 0.2) is 0 Å². The minimum Gasteiger partial charge on any atom is -0.341 e. The topological polar surface area (TPSA) is 9.23 Å². The number of alkyl halides is 4. The predicted octanol–water partition coefficient (Wildman–Crippen LogP) is 2.61. The van der Waals surface area contributed by atoms with E-state index in [-0.39, 0.29) is 11.8 Å². The van der Waals surface area contributed by atoms with Crippen molar-refractivity contribution in [2.45, 2.75) is 11.1 Å². The van der Waals surface area contributed by atoms with Crippen LogP contribution in [0.15, 0.2) is 0 Å². The van der Waals surface area contributed by atoms with Gasteiger partial charge in [0.1, 0.15) is 11.1 Å². The fourth-order valence-corrected chi connectivity index (χ4v) is 0.679. The van der Waals surface area contributed by atoms with Crippen molar-refractivity contribution in [1.82, 2.24) is 0 Å². The molecule has 0 aromatic rings. The van der Waals surface area contributed by atoms with Crippen LogP contribution in [0.1, 0.15) is 0 Å². The predicted molar refractivity (Wildman–Crippen MR) is 41.8 cm³/mol. The molecular weight excluding hydrogens is 206 g/mol. The fraction of sp³-hybridized carbons (Fsp3) is 1.00. The Morgan fingerprint density at radius 1 is 1.00 bits per heavy atom. The van der Waals surface area contributed by atoms with E-state index in [2.05, 4.69) is 0 Å². The minimum absolute atomic E-state index is 0.210. The molecule has 0 aliphatic heterocycles. The van der Waals surface area contributed by atoms with Crippen molar-refractivity contribution < 1.29 is 4.74 Å². The highest BCUT2D eigenvalue weighted by molar-refractivity contribution is 6.29. The second-order valence-electron chi connectivity index (χ2n) is 1.26. The van der Waals surface area contributed by atoms with Gasteiger partial charge < -0.3 is 4.74 Å². The minimum atomic E-state index is -0.548. The Hall–Kier alpha value is 1.12. The Morgan fingerprint density at radius 2 is 1.33 bits per heavy atom. The first-order valence-electron chi connectivity index (χ1n) is 2.26. The molecule has 9 heavy (non-hydrogen) atoms. The van der Waals surface area contributed by atoms with Crippen LogP contribution in [0.4, 0.5) is 0 Å². The third kappa shape index (κ3) is 5.56. The van der Waals surface area contributed by atoms with Gasteiger partial charge in [-0.05, 0) is 0 Å². The lowest BCUT2D eigenvalue weighted by atomic mass is 10.8. The third-order valence-corrected chi connectivity index (χ3v) is 1.93. The van der Waals surface area contributed by atoms with Crippen molar-refractivity contribution in [2.24, 2.45) is 0 Å². The van der Waals surface area contributed by atoms with Gasteiger partial charge in [-0.3, -0.25) is 0 Å². The van der Waals surface area contributed by atoms with Crippen molar-refractivity contribution in [1.29, 1.82) is 0 Å². The summed E-state index contributed by atoms with van der Waals surface area (Å²) in [6.07, 6.45) is 0. The molecule has 0 aromatic heterocycles. The molecular formula is C4H6Cl4O. The molecule has 0 amide bonds. The second kappa shape index (κ2) is 5.87. The van der Waals surface area contributed by atoms with Gasteiger partial charge in [0.05, 0.1) is 11.8 Å². The first-order valence-corrected chi connectivity index (χ1v) is 4.20. The Morgan fingerprint density at radius 3 is 1.56 bits per heavy atom. The summed E-state index contributed by atoms with van der Waals surface area (Å²) in [5.41, 5.74) is -1.10. The largest absolute Gasteiger partial charge is 0.341 e. The Kier molecular flexibility index (Phi) is 6.60. The first kappa shape index (κ1) is 10.1. The van der Waals surface area contributed by atoms with Crippen molar-refractivity contribution >= 4 is 46.4 Å². The quantitative estimate of drug-likeness (QED) is 0.650. The van der Waals surface area contributed by atoms with Crippen LogP contribution in [0.3, 0.4) is 0 Å². The van der Waals surface area contributed by atoms with E-state index in [1.807, 2.05) is 0 Å². The summed E-state index contributed by atoms with van der Waals surface area (Å²) in [6, 6.07) is 0. The molecule has 0 radical (unpaired) electrons. The molecule has 0 heterocycles. The molecule has 0 saturated heterocycles. The van der Waals surface area contributed by atoms with E-state index < -0.39 is 11.1 Å². The van der Waals surface area contributed by atoms with E-state index in [1.165, 1.54) is 0 Å². The molecule has 0 bridgehead atoms. The van der Waals surface area contributed by atoms with E-state index in [1.54, 1.807) is 0 Å². The van der Waals surface area contributed by atoms with Crippen molar-refractivity contribution in [2.75, 3.05) is 11.8 Å². The lowest BCUT2D eigenvalue weighted by Gasteiger charge is -2.10. The maximum absolute atomic E-state index is 5.44. The third-order valence-electron chi connectivity index (χ3n) is 0.538. The lowest BCUT2D eigenvalue weighted by molar-refractivity contribution is 0.108. The zero-order valence-electron chi connectivity index (χ0n) is 4.49. The maximum atomic E-state index is 5.44. The number of hydrogen-bond acceptors (Lipinski definition) is 1. The molecule has 0 N–H and O–H groups in total. The van der Waals surface area contributed by atoms with Gasteiger partial charge in [-0.1, -0.05) is 23.2 Å². The Labute approximate surface area is 74.2 Å². The zero-order valence-corrected chi connectivity index (χ0v) is 7.51. The lowest BCUT2D eigenvalue weighted by Crippen LogP contribution is -2.15. The van der Waals surface area contributed by atoms with Crippen LogP contribution in [0, 0.1) is 0 Å². The molecule has 56 valence electrons. The van der Waals surface area contributed by atoms with Gasteiger partial charge in [-0.2, -0.15) is 0 Å². The summed E-state index contributed by atoms with van der Waals surface area (Å²) in [4.78, 5) is 0. The van der Waals surface area contributed by atoms with Gasteiger partial charge in [-0.25, -0.2) is 0 Å². The van der Waals surface area contributed by atoms with Crippen LogP contribution < -0.4 is 0 Å². The van der Waals surface area contributed by atoms with Crippen LogP contribution in [-0.4, -0.2) is 22.9 Å². The van der Waals surface area contributed by atoms with Gasteiger partial charge >= 0.3 is 0 Å². The number of hydrogen-bond donors (Lipinski definition) is 0. The average molecular weight is 212 g/mol. The highest BCUT2D eigenvalue weighted by Gasteiger charge is 2.08. The van der Waals surface area contributed by atoms with Crippen molar-refractivity contribution in [3.05, 3.63) is 0 Å². The van der Waals surface area contributed by atoms with Crippen LogP contribution in [0.25, 0.3) is 0 Å². The van der Waals surface area contributed by atoms with Crippen LogP contribution >= 0.6 is 46.4 Å².